The zero-order chi connectivity index (χ0) is 16.9. The Morgan fingerprint density at radius 2 is 1.96 bits per heavy atom. The Morgan fingerprint density at radius 3 is 2.52 bits per heavy atom. The lowest BCUT2D eigenvalue weighted by molar-refractivity contribution is 0.0943. The summed E-state index contributed by atoms with van der Waals surface area (Å²) < 4.78 is 5.50. The fraction of sp³-hybridized carbons (Fsp3) is 0.529. The summed E-state index contributed by atoms with van der Waals surface area (Å²) in [5.74, 6) is -0.216. The van der Waals surface area contributed by atoms with Gasteiger partial charge in [0.25, 0.3) is 5.91 Å². The molecule has 0 radical (unpaired) electrons. The van der Waals surface area contributed by atoms with E-state index in [0.29, 0.717) is 17.2 Å². The van der Waals surface area contributed by atoms with Gasteiger partial charge in [-0.2, -0.15) is 0 Å². The Labute approximate surface area is 143 Å². The van der Waals surface area contributed by atoms with Crippen LogP contribution in [0.2, 0.25) is 0 Å². The van der Waals surface area contributed by atoms with E-state index in [1.807, 2.05) is 24.3 Å². The van der Waals surface area contributed by atoms with Crippen LogP contribution in [0, 0.1) is 0 Å². The molecule has 1 heterocycles. The van der Waals surface area contributed by atoms with E-state index in [1.165, 1.54) is 5.56 Å². The van der Waals surface area contributed by atoms with Crippen LogP contribution in [0.4, 0.5) is 0 Å². The summed E-state index contributed by atoms with van der Waals surface area (Å²) in [6.45, 7) is 7.89. The first-order chi connectivity index (χ1) is 10.9. The highest BCUT2D eigenvalue weighted by molar-refractivity contribution is 7.80. The number of carbonyl (C=O) groups excluding carboxylic acids is 1. The number of amides is 1. The van der Waals surface area contributed by atoms with Crippen molar-refractivity contribution in [3.63, 3.8) is 0 Å². The fourth-order valence-electron chi connectivity index (χ4n) is 2.36. The van der Waals surface area contributed by atoms with Gasteiger partial charge in [-0.05, 0) is 48.2 Å². The van der Waals surface area contributed by atoms with Gasteiger partial charge in [-0.1, -0.05) is 32.9 Å². The summed E-state index contributed by atoms with van der Waals surface area (Å²) in [5.41, 5.74) is 7.17. The highest BCUT2D eigenvalue weighted by Gasteiger charge is 2.16. The molecular weight excluding hydrogens is 310 g/mol. The van der Waals surface area contributed by atoms with Crippen molar-refractivity contribution in [3.8, 4) is 0 Å². The van der Waals surface area contributed by atoms with Crippen LogP contribution in [0.3, 0.4) is 0 Å². The van der Waals surface area contributed by atoms with E-state index in [9.17, 15) is 4.79 Å². The van der Waals surface area contributed by atoms with Gasteiger partial charge in [0.1, 0.15) is 0 Å². The second kappa shape index (κ2) is 7.75. The molecule has 0 bridgehead atoms. The number of hydrazine groups is 1. The molecule has 5 nitrogen and oxygen atoms in total. The fourth-order valence-corrected chi connectivity index (χ4v) is 2.50. The molecule has 1 amide bonds. The summed E-state index contributed by atoms with van der Waals surface area (Å²) in [6, 6.07) is 7.59. The maximum atomic E-state index is 12.1. The van der Waals surface area contributed by atoms with Crippen molar-refractivity contribution in [1.82, 2.24) is 16.2 Å². The minimum Gasteiger partial charge on any atom is -0.376 e. The third-order valence-corrected chi connectivity index (χ3v) is 4.06. The monoisotopic (exact) mass is 335 g/mol. The number of thiocarbonyl (C=S) groups is 1. The molecule has 1 aliphatic heterocycles. The van der Waals surface area contributed by atoms with E-state index in [2.05, 4.69) is 36.9 Å². The minimum absolute atomic E-state index is 0.0705. The van der Waals surface area contributed by atoms with Crippen molar-refractivity contribution in [2.45, 2.75) is 45.1 Å². The SMILES string of the molecule is CC(C)(C)c1ccc(C(=O)NNC(=S)NC[C@H]2CCCO2)cc1. The van der Waals surface area contributed by atoms with E-state index in [4.69, 9.17) is 17.0 Å². The molecule has 1 aromatic carbocycles. The summed E-state index contributed by atoms with van der Waals surface area (Å²) in [5, 5.41) is 3.43. The molecule has 1 atom stereocenters. The number of benzene rings is 1. The molecule has 0 aliphatic carbocycles. The van der Waals surface area contributed by atoms with Crippen molar-refractivity contribution >= 4 is 23.2 Å². The first-order valence-corrected chi connectivity index (χ1v) is 8.33. The van der Waals surface area contributed by atoms with Crippen LogP contribution in [-0.4, -0.2) is 30.3 Å². The first-order valence-electron chi connectivity index (χ1n) is 7.92. The average Bonchev–Trinajstić information content (AvgIpc) is 3.03. The Balaban J connectivity index is 1.76. The van der Waals surface area contributed by atoms with Crippen LogP contribution >= 0.6 is 12.2 Å². The van der Waals surface area contributed by atoms with Gasteiger partial charge in [0.15, 0.2) is 5.11 Å². The average molecular weight is 335 g/mol. The Kier molecular flexibility index (Phi) is 5.96. The van der Waals surface area contributed by atoms with Gasteiger partial charge in [0.2, 0.25) is 0 Å². The summed E-state index contributed by atoms with van der Waals surface area (Å²) in [6.07, 6.45) is 2.34. The molecule has 126 valence electrons. The van der Waals surface area contributed by atoms with E-state index >= 15 is 0 Å². The lowest BCUT2D eigenvalue weighted by Gasteiger charge is -2.19. The normalized spacial score (nSPS) is 17.6. The van der Waals surface area contributed by atoms with Gasteiger partial charge < -0.3 is 10.1 Å². The smallest absolute Gasteiger partial charge is 0.269 e. The van der Waals surface area contributed by atoms with Crippen LogP contribution in [0.1, 0.15) is 49.5 Å². The van der Waals surface area contributed by atoms with Crippen molar-refractivity contribution in [1.29, 1.82) is 0 Å². The van der Waals surface area contributed by atoms with Crippen molar-refractivity contribution in [2.24, 2.45) is 0 Å². The van der Waals surface area contributed by atoms with Crippen LogP contribution in [0.25, 0.3) is 0 Å². The first kappa shape index (κ1) is 17.7. The maximum Gasteiger partial charge on any atom is 0.269 e. The quantitative estimate of drug-likeness (QED) is 0.584. The molecule has 23 heavy (non-hydrogen) atoms. The van der Waals surface area contributed by atoms with E-state index in [-0.39, 0.29) is 17.4 Å². The lowest BCUT2D eigenvalue weighted by atomic mass is 9.87. The van der Waals surface area contributed by atoms with Gasteiger partial charge in [-0.3, -0.25) is 15.6 Å². The third kappa shape index (κ3) is 5.48. The highest BCUT2D eigenvalue weighted by Crippen LogP contribution is 2.22. The molecule has 1 fully saturated rings. The highest BCUT2D eigenvalue weighted by atomic mass is 32.1. The Bertz CT molecular complexity index is 546. The molecule has 2 rings (SSSR count). The molecule has 6 heteroatoms. The number of carbonyl (C=O) groups is 1. The van der Waals surface area contributed by atoms with Gasteiger partial charge in [-0.15, -0.1) is 0 Å². The predicted molar refractivity (Wildman–Crippen MR) is 95.3 cm³/mol. The number of ether oxygens (including phenoxy) is 1. The van der Waals surface area contributed by atoms with Crippen molar-refractivity contribution < 1.29 is 9.53 Å². The van der Waals surface area contributed by atoms with Crippen LogP contribution in [0.5, 0.6) is 0 Å². The largest absolute Gasteiger partial charge is 0.376 e. The molecule has 0 saturated carbocycles. The Hall–Kier alpha value is -1.66. The lowest BCUT2D eigenvalue weighted by Crippen LogP contribution is -2.48. The second-order valence-corrected chi connectivity index (χ2v) is 7.16. The van der Waals surface area contributed by atoms with Crippen molar-refractivity contribution in [2.75, 3.05) is 13.2 Å². The van der Waals surface area contributed by atoms with Gasteiger partial charge in [-0.25, -0.2) is 0 Å². The van der Waals surface area contributed by atoms with E-state index in [0.717, 1.165) is 19.4 Å². The molecule has 1 aromatic rings. The molecule has 0 spiro atoms. The molecule has 0 unspecified atom stereocenters. The molecule has 1 aliphatic rings. The molecule has 1 saturated heterocycles. The van der Waals surface area contributed by atoms with E-state index < -0.39 is 0 Å². The van der Waals surface area contributed by atoms with Crippen molar-refractivity contribution in [3.05, 3.63) is 35.4 Å². The molecule has 3 N–H and O–H groups in total. The zero-order valence-corrected chi connectivity index (χ0v) is 14.8. The summed E-state index contributed by atoms with van der Waals surface area (Å²) >= 11 is 5.13. The van der Waals surface area contributed by atoms with Gasteiger partial charge in [0.05, 0.1) is 6.10 Å². The zero-order valence-electron chi connectivity index (χ0n) is 13.9. The maximum absolute atomic E-state index is 12.1. The predicted octanol–water partition coefficient (Wildman–Crippen LogP) is 2.27. The topological polar surface area (TPSA) is 62.4 Å². The third-order valence-electron chi connectivity index (χ3n) is 3.82. The van der Waals surface area contributed by atoms with E-state index in [1.54, 1.807) is 0 Å². The molecule has 0 aromatic heterocycles. The van der Waals surface area contributed by atoms with Gasteiger partial charge >= 0.3 is 0 Å². The molecular formula is C17H25N3O2S. The van der Waals surface area contributed by atoms with Crippen LogP contribution < -0.4 is 16.2 Å². The van der Waals surface area contributed by atoms with Crippen LogP contribution in [-0.2, 0) is 10.2 Å². The second-order valence-electron chi connectivity index (χ2n) is 6.75. The number of rotatable bonds is 3. The van der Waals surface area contributed by atoms with Gasteiger partial charge in [0, 0.05) is 18.7 Å². The van der Waals surface area contributed by atoms with Crippen LogP contribution in [0.15, 0.2) is 24.3 Å². The number of hydrogen-bond donors (Lipinski definition) is 3. The summed E-state index contributed by atoms with van der Waals surface area (Å²) in [7, 11) is 0. The minimum atomic E-state index is -0.216. The Morgan fingerprint density at radius 1 is 1.26 bits per heavy atom. The number of nitrogens with one attached hydrogen (secondary N) is 3. The standard InChI is InChI=1S/C17H25N3O2S/c1-17(2,3)13-8-6-12(7-9-13)15(21)19-20-16(23)18-11-14-5-4-10-22-14/h6-9,14H,4-5,10-11H2,1-3H3,(H,19,21)(H2,18,20,23)/t14-/m1/s1. The summed E-state index contributed by atoms with van der Waals surface area (Å²) in [4.78, 5) is 12.1. The number of hydrogen-bond acceptors (Lipinski definition) is 3.